The average Bonchev–Trinajstić information content (AvgIpc) is 3.60. The fourth-order valence-corrected chi connectivity index (χ4v) is 7.58. The molecule has 6 heteroatoms. The summed E-state index contributed by atoms with van der Waals surface area (Å²) in [6.07, 6.45) is 9.33. The molecule has 0 amide bonds. The van der Waals surface area contributed by atoms with Crippen LogP contribution in [0.3, 0.4) is 0 Å². The van der Waals surface area contributed by atoms with E-state index in [4.69, 9.17) is 9.40 Å². The Labute approximate surface area is 341 Å². The number of benzene rings is 4. The van der Waals surface area contributed by atoms with Gasteiger partial charge in [-0.1, -0.05) is 139 Å². The molecule has 1 aliphatic carbocycles. The summed E-state index contributed by atoms with van der Waals surface area (Å²) in [5.41, 5.74) is 9.53. The maximum Gasteiger partial charge on any atom is 0.222 e. The summed E-state index contributed by atoms with van der Waals surface area (Å²) in [4.78, 5) is 21.6. The molecule has 1 N–H and O–H groups in total. The van der Waals surface area contributed by atoms with Crippen molar-refractivity contribution >= 4 is 27.7 Å². The number of carbonyl (C=O) groups is 1. The summed E-state index contributed by atoms with van der Waals surface area (Å²) in [5, 5.41) is 13.4. The van der Waals surface area contributed by atoms with Gasteiger partial charge in [0.2, 0.25) is 5.71 Å². The summed E-state index contributed by atoms with van der Waals surface area (Å²) in [6, 6.07) is 31.6. The van der Waals surface area contributed by atoms with Crippen molar-refractivity contribution in [1.82, 2.24) is 9.97 Å². The van der Waals surface area contributed by atoms with Gasteiger partial charge in [-0.15, -0.1) is 23.6 Å². The standard InChI is InChI=1S/C34H27N2O.C15H28O2.Ir/c1-21(2)17-23-12-8-14-28-27(23)15-16-30-31(28)32-33(35-20-36-34(32)37-30)25-18-24-11-6-7-13-26(24)29(19-25)22-9-4-3-5-10-22;1-7-14(5,8-2)12(16)11-13(17)15(6,9-3)10-4;/h3-14,19-21H,15-17H2,1-2H3;11,16H,7-10H2,1-6H3;/q-1;;/b;12-11-;. The monoisotopic (exact) mass is 912 g/mol. The van der Waals surface area contributed by atoms with Crippen LogP contribution in [0.2, 0.25) is 0 Å². The zero-order chi connectivity index (χ0) is 38.6. The van der Waals surface area contributed by atoms with Crippen LogP contribution in [0.5, 0.6) is 0 Å². The number of hydrogen-bond acceptors (Lipinski definition) is 5. The van der Waals surface area contributed by atoms with Gasteiger partial charge in [0.15, 0.2) is 5.78 Å². The van der Waals surface area contributed by atoms with Gasteiger partial charge in [-0.25, -0.2) is 4.98 Å². The molecule has 7 rings (SSSR count). The molecule has 0 spiro atoms. The van der Waals surface area contributed by atoms with E-state index in [1.807, 2.05) is 41.5 Å². The second kappa shape index (κ2) is 17.6. The number of aliphatic hydroxyl groups is 1. The van der Waals surface area contributed by atoms with Gasteiger partial charge in [-0.05, 0) is 66.7 Å². The fourth-order valence-electron chi connectivity index (χ4n) is 7.58. The van der Waals surface area contributed by atoms with Crippen molar-refractivity contribution in [3.63, 3.8) is 0 Å². The molecule has 0 aliphatic heterocycles. The van der Waals surface area contributed by atoms with Crippen LogP contribution in [0.15, 0.2) is 101 Å². The van der Waals surface area contributed by atoms with Crippen LogP contribution >= 0.6 is 0 Å². The number of nitrogens with zero attached hydrogens (tertiary/aromatic N) is 2. The number of fused-ring (bicyclic) bond motifs is 6. The molecule has 289 valence electrons. The number of aliphatic hydroxyl groups excluding tert-OH is 1. The van der Waals surface area contributed by atoms with E-state index in [9.17, 15) is 9.90 Å². The Hall–Kier alpha value is -4.38. The van der Waals surface area contributed by atoms with E-state index in [1.54, 1.807) is 6.33 Å². The SMILES string of the molecule is CC(C)Cc1cccc2c1CCc1oc3ncnc(-c4[c-]c5ccccc5c(-c5ccccc5)c4)c3c1-2.CCC(C)(CC)C(=O)/C=C(\O)C(C)(CC)CC.[Ir]. The maximum atomic E-state index is 12.2. The first-order valence-corrected chi connectivity index (χ1v) is 19.8. The van der Waals surface area contributed by atoms with E-state index in [2.05, 4.69) is 104 Å². The third-order valence-electron chi connectivity index (χ3n) is 12.1. The van der Waals surface area contributed by atoms with Crippen LogP contribution in [-0.4, -0.2) is 20.9 Å². The van der Waals surface area contributed by atoms with Crippen molar-refractivity contribution in [2.75, 3.05) is 0 Å². The molecular formula is C49H55IrN2O3-. The molecule has 2 heterocycles. The van der Waals surface area contributed by atoms with Gasteiger partial charge < -0.3 is 9.52 Å². The minimum absolute atomic E-state index is 0. The molecule has 0 fully saturated rings. The van der Waals surface area contributed by atoms with E-state index >= 15 is 0 Å². The number of allylic oxidation sites excluding steroid dienone is 2. The van der Waals surface area contributed by atoms with Crippen LogP contribution in [-0.2, 0) is 44.2 Å². The van der Waals surface area contributed by atoms with Crippen molar-refractivity contribution in [3.05, 3.63) is 120 Å². The zero-order valence-electron chi connectivity index (χ0n) is 33.7. The van der Waals surface area contributed by atoms with Crippen molar-refractivity contribution in [3.8, 4) is 33.5 Å². The van der Waals surface area contributed by atoms with Crippen molar-refractivity contribution in [2.45, 2.75) is 100 Å². The molecule has 0 bridgehead atoms. The molecule has 6 aromatic rings. The number of furan rings is 1. The van der Waals surface area contributed by atoms with Gasteiger partial charge in [0.1, 0.15) is 17.8 Å². The van der Waals surface area contributed by atoms with Gasteiger partial charge in [0.25, 0.3) is 0 Å². The van der Waals surface area contributed by atoms with E-state index in [1.165, 1.54) is 39.3 Å². The molecule has 0 saturated carbocycles. The van der Waals surface area contributed by atoms with Crippen LogP contribution in [0, 0.1) is 22.8 Å². The molecule has 5 nitrogen and oxygen atoms in total. The van der Waals surface area contributed by atoms with Crippen LogP contribution in [0.4, 0.5) is 0 Å². The van der Waals surface area contributed by atoms with Gasteiger partial charge in [-0.3, -0.25) is 9.78 Å². The largest absolute Gasteiger partial charge is 0.512 e. The number of rotatable bonds is 11. The first-order valence-electron chi connectivity index (χ1n) is 19.8. The summed E-state index contributed by atoms with van der Waals surface area (Å²) in [6.45, 7) is 16.7. The molecular weight excluding hydrogens is 857 g/mol. The van der Waals surface area contributed by atoms with Crippen molar-refractivity contribution in [2.24, 2.45) is 16.7 Å². The van der Waals surface area contributed by atoms with E-state index in [0.717, 1.165) is 78.3 Å². The maximum absolute atomic E-state index is 12.2. The number of aromatic nitrogens is 2. The topological polar surface area (TPSA) is 76.2 Å². The second-order valence-corrected chi connectivity index (χ2v) is 15.8. The fraction of sp³-hybridized carbons (Fsp3) is 0.367. The Bertz CT molecular complexity index is 2290. The molecule has 1 aliphatic rings. The summed E-state index contributed by atoms with van der Waals surface area (Å²) in [5.74, 6) is 1.90. The molecule has 55 heavy (non-hydrogen) atoms. The second-order valence-electron chi connectivity index (χ2n) is 15.8. The van der Waals surface area contributed by atoms with Crippen molar-refractivity contribution < 1.29 is 34.4 Å². The first-order chi connectivity index (χ1) is 26.0. The molecule has 0 atom stereocenters. The molecule has 0 unspecified atom stereocenters. The molecule has 0 saturated heterocycles. The minimum atomic E-state index is -0.337. The summed E-state index contributed by atoms with van der Waals surface area (Å²) in [7, 11) is 0. The quantitative estimate of drug-likeness (QED) is 0.0796. The normalized spacial score (nSPS) is 12.9. The van der Waals surface area contributed by atoms with Crippen molar-refractivity contribution in [1.29, 1.82) is 0 Å². The average molecular weight is 912 g/mol. The smallest absolute Gasteiger partial charge is 0.222 e. The number of hydrogen-bond donors (Lipinski definition) is 1. The number of ketones is 1. The van der Waals surface area contributed by atoms with Gasteiger partial charge >= 0.3 is 0 Å². The van der Waals surface area contributed by atoms with E-state index in [-0.39, 0.29) is 42.5 Å². The van der Waals surface area contributed by atoms with Gasteiger partial charge in [0.05, 0.1) is 0 Å². The first kappa shape index (κ1) is 41.8. The van der Waals surface area contributed by atoms with Crippen LogP contribution < -0.4 is 0 Å². The Balaban J connectivity index is 0.000000276. The van der Waals surface area contributed by atoms with Gasteiger partial charge in [-0.2, -0.15) is 0 Å². The summed E-state index contributed by atoms with van der Waals surface area (Å²) < 4.78 is 6.37. The van der Waals surface area contributed by atoms with Crippen LogP contribution in [0.1, 0.15) is 98.0 Å². The molecule has 2 aromatic heterocycles. The van der Waals surface area contributed by atoms with Gasteiger partial charge in [0, 0.05) is 60.1 Å². The van der Waals surface area contributed by atoms with E-state index < -0.39 is 0 Å². The third kappa shape index (κ3) is 8.42. The zero-order valence-corrected chi connectivity index (χ0v) is 36.1. The summed E-state index contributed by atoms with van der Waals surface area (Å²) >= 11 is 0. The Morgan fingerprint density at radius 3 is 2.20 bits per heavy atom. The van der Waals surface area contributed by atoms with E-state index in [0.29, 0.717) is 11.6 Å². The molecule has 1 radical (unpaired) electrons. The van der Waals surface area contributed by atoms with Crippen LogP contribution in [0.25, 0.3) is 55.4 Å². The number of aryl methyl sites for hydroxylation is 1. The Morgan fingerprint density at radius 1 is 0.855 bits per heavy atom. The Morgan fingerprint density at radius 2 is 1.53 bits per heavy atom. The molecule has 4 aromatic carbocycles. The number of carbonyl (C=O) groups excluding carboxylic acids is 1. The predicted octanol–water partition coefficient (Wildman–Crippen LogP) is 13.1. The third-order valence-corrected chi connectivity index (χ3v) is 12.1. The Kier molecular flexibility index (Phi) is 13.4. The minimum Gasteiger partial charge on any atom is -0.512 e. The predicted molar refractivity (Wildman–Crippen MR) is 224 cm³/mol.